The molecule has 66 valence electrons. The van der Waals surface area contributed by atoms with E-state index < -0.39 is 0 Å². The minimum atomic E-state index is 0.861. The second-order valence-corrected chi connectivity index (χ2v) is 3.20. The van der Waals surface area contributed by atoms with Crippen LogP contribution < -0.4 is 0 Å². The van der Waals surface area contributed by atoms with Crippen molar-refractivity contribution in [3.05, 3.63) is 41.6 Å². The highest BCUT2D eigenvalue weighted by atomic mass is 16.5. The van der Waals surface area contributed by atoms with Crippen molar-refractivity contribution in [2.45, 2.75) is 13.8 Å². The summed E-state index contributed by atoms with van der Waals surface area (Å²) in [6.07, 6.45) is 1.73. The number of nitrogens with zero attached hydrogens (tertiary/aromatic N) is 1. The van der Waals surface area contributed by atoms with Crippen molar-refractivity contribution in [1.82, 2.24) is 5.16 Å². The summed E-state index contributed by atoms with van der Waals surface area (Å²) in [5, 5.41) is 3.75. The summed E-state index contributed by atoms with van der Waals surface area (Å²) in [5.74, 6) is 0.861. The van der Waals surface area contributed by atoms with Gasteiger partial charge in [-0.25, -0.2) is 0 Å². The Labute approximate surface area is 77.2 Å². The first-order valence-electron chi connectivity index (χ1n) is 4.25. The molecule has 13 heavy (non-hydrogen) atoms. The summed E-state index contributed by atoms with van der Waals surface area (Å²) in [7, 11) is 0. The van der Waals surface area contributed by atoms with Gasteiger partial charge in [-0.2, -0.15) is 0 Å². The smallest absolute Gasteiger partial charge is 0.169 e. The fraction of sp³-hybridized carbons (Fsp3) is 0.182. The zero-order chi connectivity index (χ0) is 9.26. The van der Waals surface area contributed by atoms with Gasteiger partial charge < -0.3 is 4.52 Å². The number of benzene rings is 1. The molecule has 0 atom stereocenters. The molecule has 0 saturated heterocycles. The van der Waals surface area contributed by atoms with Gasteiger partial charge in [-0.3, -0.25) is 0 Å². The molecular formula is C11H11NO. The van der Waals surface area contributed by atoms with Gasteiger partial charge >= 0.3 is 0 Å². The molecule has 0 amide bonds. The Hall–Kier alpha value is -1.57. The predicted octanol–water partition coefficient (Wildman–Crippen LogP) is 2.96. The van der Waals surface area contributed by atoms with E-state index in [4.69, 9.17) is 4.52 Å². The molecular weight excluding hydrogens is 162 g/mol. The average Bonchev–Trinajstić information content (AvgIpc) is 2.53. The first-order chi connectivity index (χ1) is 6.27. The summed E-state index contributed by atoms with van der Waals surface area (Å²) in [6.45, 7) is 4.06. The molecule has 0 N–H and O–H groups in total. The van der Waals surface area contributed by atoms with Crippen LogP contribution in [0.1, 0.15) is 11.1 Å². The third kappa shape index (κ3) is 1.47. The summed E-state index contributed by atoms with van der Waals surface area (Å²) < 4.78 is 5.14. The Morgan fingerprint density at radius 2 is 1.77 bits per heavy atom. The standard InChI is InChI=1S/C11H11NO/c1-8-3-5-10(6-4-8)11-9(2)7-12-13-11/h3-7H,1-2H3. The first kappa shape index (κ1) is 8.05. The minimum absolute atomic E-state index is 0.861. The fourth-order valence-corrected chi connectivity index (χ4v) is 1.27. The van der Waals surface area contributed by atoms with Crippen LogP contribution in [0.25, 0.3) is 11.3 Å². The van der Waals surface area contributed by atoms with Crippen LogP contribution in [0.4, 0.5) is 0 Å². The summed E-state index contributed by atoms with van der Waals surface area (Å²) in [6, 6.07) is 8.22. The molecule has 1 aromatic carbocycles. The third-order valence-corrected chi connectivity index (χ3v) is 2.06. The highest BCUT2D eigenvalue weighted by Gasteiger charge is 2.05. The third-order valence-electron chi connectivity index (χ3n) is 2.06. The predicted molar refractivity (Wildman–Crippen MR) is 51.4 cm³/mol. The second kappa shape index (κ2) is 3.05. The van der Waals surface area contributed by atoms with Crippen molar-refractivity contribution in [3.63, 3.8) is 0 Å². The Morgan fingerprint density at radius 1 is 1.08 bits per heavy atom. The van der Waals surface area contributed by atoms with Gasteiger partial charge in [-0.15, -0.1) is 0 Å². The van der Waals surface area contributed by atoms with Crippen molar-refractivity contribution in [3.8, 4) is 11.3 Å². The highest BCUT2D eigenvalue weighted by Crippen LogP contribution is 2.22. The number of aromatic nitrogens is 1. The molecule has 0 aliphatic rings. The van der Waals surface area contributed by atoms with Gasteiger partial charge in [-0.05, 0) is 13.8 Å². The number of hydrogen-bond donors (Lipinski definition) is 0. The number of hydrogen-bond acceptors (Lipinski definition) is 2. The Bertz CT molecular complexity index is 400. The molecule has 0 saturated carbocycles. The maximum atomic E-state index is 5.14. The van der Waals surface area contributed by atoms with Gasteiger partial charge in [0.05, 0.1) is 6.20 Å². The van der Waals surface area contributed by atoms with Crippen LogP contribution in [-0.4, -0.2) is 5.16 Å². The van der Waals surface area contributed by atoms with E-state index in [9.17, 15) is 0 Å². The van der Waals surface area contributed by atoms with Gasteiger partial charge in [-0.1, -0.05) is 35.0 Å². The van der Waals surface area contributed by atoms with Gasteiger partial charge in [0.2, 0.25) is 0 Å². The lowest BCUT2D eigenvalue weighted by atomic mass is 10.1. The van der Waals surface area contributed by atoms with E-state index in [1.54, 1.807) is 6.20 Å². The van der Waals surface area contributed by atoms with E-state index in [-0.39, 0.29) is 0 Å². The monoisotopic (exact) mass is 173 g/mol. The molecule has 2 rings (SSSR count). The minimum Gasteiger partial charge on any atom is -0.356 e. The van der Waals surface area contributed by atoms with Gasteiger partial charge in [0.15, 0.2) is 5.76 Å². The molecule has 0 unspecified atom stereocenters. The van der Waals surface area contributed by atoms with Crippen molar-refractivity contribution in [1.29, 1.82) is 0 Å². The van der Waals surface area contributed by atoms with Crippen LogP contribution >= 0.6 is 0 Å². The van der Waals surface area contributed by atoms with E-state index >= 15 is 0 Å². The fourth-order valence-electron chi connectivity index (χ4n) is 1.27. The molecule has 0 aliphatic heterocycles. The molecule has 0 aliphatic carbocycles. The van der Waals surface area contributed by atoms with Crippen molar-refractivity contribution in [2.24, 2.45) is 0 Å². The topological polar surface area (TPSA) is 26.0 Å². The first-order valence-corrected chi connectivity index (χ1v) is 4.25. The Kier molecular flexibility index (Phi) is 1.89. The van der Waals surface area contributed by atoms with Crippen molar-refractivity contribution in [2.75, 3.05) is 0 Å². The number of aryl methyl sites for hydroxylation is 2. The Morgan fingerprint density at radius 3 is 2.31 bits per heavy atom. The van der Waals surface area contributed by atoms with Gasteiger partial charge in [0, 0.05) is 11.1 Å². The van der Waals surface area contributed by atoms with Gasteiger partial charge in [0.25, 0.3) is 0 Å². The normalized spacial score (nSPS) is 10.3. The lowest BCUT2D eigenvalue weighted by Crippen LogP contribution is -1.77. The molecule has 2 nitrogen and oxygen atoms in total. The lowest BCUT2D eigenvalue weighted by Gasteiger charge is -1.97. The van der Waals surface area contributed by atoms with E-state index in [1.165, 1.54) is 5.56 Å². The number of rotatable bonds is 1. The van der Waals surface area contributed by atoms with E-state index in [0.717, 1.165) is 16.9 Å². The Balaban J connectivity index is 2.47. The molecule has 0 fully saturated rings. The molecule has 1 heterocycles. The average molecular weight is 173 g/mol. The molecule has 0 bridgehead atoms. The largest absolute Gasteiger partial charge is 0.356 e. The zero-order valence-electron chi connectivity index (χ0n) is 7.74. The summed E-state index contributed by atoms with van der Waals surface area (Å²) in [5.41, 5.74) is 3.41. The molecule has 2 aromatic rings. The van der Waals surface area contributed by atoms with E-state index in [0.29, 0.717) is 0 Å². The zero-order valence-corrected chi connectivity index (χ0v) is 7.74. The van der Waals surface area contributed by atoms with Crippen molar-refractivity contribution >= 4 is 0 Å². The SMILES string of the molecule is Cc1ccc(-c2oncc2C)cc1. The van der Waals surface area contributed by atoms with Crippen LogP contribution in [0.5, 0.6) is 0 Å². The van der Waals surface area contributed by atoms with Crippen molar-refractivity contribution < 1.29 is 4.52 Å². The van der Waals surface area contributed by atoms with Crippen LogP contribution in [0, 0.1) is 13.8 Å². The summed E-state index contributed by atoms with van der Waals surface area (Å²) in [4.78, 5) is 0. The molecule has 0 radical (unpaired) electrons. The van der Waals surface area contributed by atoms with E-state index in [2.05, 4.69) is 24.2 Å². The maximum Gasteiger partial charge on any atom is 0.169 e. The van der Waals surface area contributed by atoms with Crippen LogP contribution in [-0.2, 0) is 0 Å². The highest BCUT2D eigenvalue weighted by molar-refractivity contribution is 5.60. The van der Waals surface area contributed by atoms with Crippen LogP contribution in [0.3, 0.4) is 0 Å². The van der Waals surface area contributed by atoms with Crippen LogP contribution in [0.15, 0.2) is 35.0 Å². The molecule has 1 aromatic heterocycles. The summed E-state index contributed by atoms with van der Waals surface area (Å²) >= 11 is 0. The molecule has 0 spiro atoms. The maximum absolute atomic E-state index is 5.14. The van der Waals surface area contributed by atoms with E-state index in [1.807, 2.05) is 19.1 Å². The van der Waals surface area contributed by atoms with Crippen LogP contribution in [0.2, 0.25) is 0 Å². The molecule has 2 heteroatoms. The lowest BCUT2D eigenvalue weighted by molar-refractivity contribution is 0.432. The van der Waals surface area contributed by atoms with Gasteiger partial charge in [0.1, 0.15) is 0 Å². The quantitative estimate of drug-likeness (QED) is 0.662. The second-order valence-electron chi connectivity index (χ2n) is 3.20.